The van der Waals surface area contributed by atoms with E-state index in [1.165, 1.54) is 0 Å². The van der Waals surface area contributed by atoms with Gasteiger partial charge in [0.2, 0.25) is 0 Å². The van der Waals surface area contributed by atoms with Gasteiger partial charge in [-0.15, -0.1) is 0 Å². The number of benzene rings is 1. The van der Waals surface area contributed by atoms with Crippen molar-refractivity contribution in [2.24, 2.45) is 0 Å². The van der Waals surface area contributed by atoms with Gasteiger partial charge in [0.1, 0.15) is 0 Å². The van der Waals surface area contributed by atoms with E-state index in [1.807, 2.05) is 45.0 Å². The topological polar surface area (TPSA) is 69.6 Å². The number of carboxylic acids is 1. The van der Waals surface area contributed by atoms with Gasteiger partial charge < -0.3 is 15.5 Å². The maximum atomic E-state index is 10.6. The fourth-order valence-corrected chi connectivity index (χ4v) is 1.79. The molecule has 0 aromatic heterocycles. The number of aliphatic hydroxyl groups excluding tert-OH is 1. The maximum Gasteiger partial charge on any atom is 0.328 e. The summed E-state index contributed by atoms with van der Waals surface area (Å²) < 4.78 is 0. The third-order valence-corrected chi connectivity index (χ3v) is 2.78. The molecule has 0 radical (unpaired) electrons. The molecule has 0 spiro atoms. The molecule has 0 fully saturated rings. The maximum absolute atomic E-state index is 10.6. The second-order valence-electron chi connectivity index (χ2n) is 5.86. The molecule has 0 bridgehead atoms. The number of aliphatic carboxylic acids is 1. The summed E-state index contributed by atoms with van der Waals surface area (Å²) in [6.45, 7) is 6.64. The average molecular weight is 277 g/mol. The van der Waals surface area contributed by atoms with Gasteiger partial charge in [0.15, 0.2) is 0 Å². The molecule has 0 amide bonds. The Bertz CT molecular complexity index is 475. The van der Waals surface area contributed by atoms with Crippen LogP contribution >= 0.6 is 0 Å². The quantitative estimate of drug-likeness (QED) is 0.696. The lowest BCUT2D eigenvalue weighted by molar-refractivity contribution is -0.131. The molecule has 4 nitrogen and oxygen atoms in total. The van der Waals surface area contributed by atoms with Crippen LogP contribution < -0.4 is 5.32 Å². The van der Waals surface area contributed by atoms with Gasteiger partial charge in [-0.2, -0.15) is 0 Å². The third-order valence-electron chi connectivity index (χ3n) is 2.78. The largest absolute Gasteiger partial charge is 0.478 e. The Morgan fingerprint density at radius 2 is 2.00 bits per heavy atom. The molecule has 0 saturated heterocycles. The molecule has 110 valence electrons. The van der Waals surface area contributed by atoms with E-state index in [4.69, 9.17) is 5.11 Å². The van der Waals surface area contributed by atoms with Gasteiger partial charge in [0.05, 0.1) is 6.10 Å². The highest BCUT2D eigenvalue weighted by molar-refractivity contribution is 5.85. The van der Waals surface area contributed by atoms with Gasteiger partial charge in [-0.05, 0) is 38.0 Å². The first-order valence-corrected chi connectivity index (χ1v) is 6.70. The normalized spacial score (nSPS) is 13.6. The van der Waals surface area contributed by atoms with Gasteiger partial charge >= 0.3 is 5.97 Å². The van der Waals surface area contributed by atoms with Crippen molar-refractivity contribution >= 4 is 12.0 Å². The molecule has 1 aromatic carbocycles. The van der Waals surface area contributed by atoms with Crippen LogP contribution in [0.15, 0.2) is 30.3 Å². The summed E-state index contributed by atoms with van der Waals surface area (Å²) in [6.07, 6.45) is 2.65. The Labute approximate surface area is 120 Å². The highest BCUT2D eigenvalue weighted by atomic mass is 16.4. The first-order chi connectivity index (χ1) is 9.28. The fourth-order valence-electron chi connectivity index (χ4n) is 1.79. The van der Waals surface area contributed by atoms with Crippen molar-refractivity contribution in [1.82, 2.24) is 5.32 Å². The number of nitrogens with one attached hydrogen (secondary N) is 1. The summed E-state index contributed by atoms with van der Waals surface area (Å²) in [5.74, 6) is -0.977. The van der Waals surface area contributed by atoms with E-state index in [2.05, 4.69) is 5.32 Å². The minimum atomic E-state index is -0.977. The molecular formula is C16H23NO3. The van der Waals surface area contributed by atoms with E-state index < -0.39 is 12.1 Å². The fraction of sp³-hybridized carbons (Fsp3) is 0.438. The summed E-state index contributed by atoms with van der Waals surface area (Å²) in [5.41, 5.74) is 1.72. The molecule has 3 N–H and O–H groups in total. The zero-order valence-electron chi connectivity index (χ0n) is 12.3. The number of hydrogen-bond acceptors (Lipinski definition) is 3. The molecule has 0 saturated carbocycles. The van der Waals surface area contributed by atoms with Crippen LogP contribution in [-0.2, 0) is 11.2 Å². The van der Waals surface area contributed by atoms with Gasteiger partial charge in [-0.25, -0.2) is 4.79 Å². The van der Waals surface area contributed by atoms with E-state index in [0.29, 0.717) is 13.0 Å². The van der Waals surface area contributed by atoms with E-state index in [0.717, 1.165) is 17.2 Å². The van der Waals surface area contributed by atoms with Crippen molar-refractivity contribution < 1.29 is 15.0 Å². The second-order valence-corrected chi connectivity index (χ2v) is 5.86. The average Bonchev–Trinajstić information content (AvgIpc) is 2.34. The Kier molecular flexibility index (Phi) is 5.92. The lowest BCUT2D eigenvalue weighted by Crippen LogP contribution is -2.41. The highest BCUT2D eigenvalue weighted by Crippen LogP contribution is 2.13. The van der Waals surface area contributed by atoms with Gasteiger partial charge in [-0.3, -0.25) is 0 Å². The molecule has 0 heterocycles. The second kappa shape index (κ2) is 7.22. The molecule has 1 unspecified atom stereocenters. The summed E-state index contributed by atoms with van der Waals surface area (Å²) in [6, 6.07) is 7.49. The van der Waals surface area contributed by atoms with Crippen LogP contribution in [0.2, 0.25) is 0 Å². The van der Waals surface area contributed by atoms with Crippen LogP contribution in [0, 0.1) is 0 Å². The lowest BCUT2D eigenvalue weighted by Gasteiger charge is -2.23. The van der Waals surface area contributed by atoms with Gasteiger partial charge in [0.25, 0.3) is 0 Å². The zero-order valence-corrected chi connectivity index (χ0v) is 12.3. The van der Waals surface area contributed by atoms with Crippen LogP contribution in [0.3, 0.4) is 0 Å². The van der Waals surface area contributed by atoms with E-state index in [-0.39, 0.29) is 5.54 Å². The third kappa shape index (κ3) is 6.50. The minimum absolute atomic E-state index is 0.0380. The molecule has 20 heavy (non-hydrogen) atoms. The number of rotatable bonds is 6. The molecule has 0 aliphatic heterocycles. The monoisotopic (exact) mass is 277 g/mol. The van der Waals surface area contributed by atoms with Crippen molar-refractivity contribution in [2.45, 2.75) is 38.8 Å². The Hall–Kier alpha value is -1.65. The zero-order chi connectivity index (χ0) is 15.2. The summed E-state index contributed by atoms with van der Waals surface area (Å²) in [4.78, 5) is 10.6. The Morgan fingerprint density at radius 3 is 2.60 bits per heavy atom. The predicted octanol–water partition coefficient (Wildman–Crippen LogP) is 2.08. The number of hydrogen-bond donors (Lipinski definition) is 3. The number of β-amino-alcohol motifs (C(OH)–C–C–N with tert-alkyl or cyclic N) is 1. The van der Waals surface area contributed by atoms with Crippen molar-refractivity contribution in [3.8, 4) is 0 Å². The van der Waals surface area contributed by atoms with Crippen LogP contribution in [-0.4, -0.2) is 34.4 Å². The molecular weight excluding hydrogens is 254 g/mol. The van der Waals surface area contributed by atoms with Crippen LogP contribution in [0.5, 0.6) is 0 Å². The molecule has 1 atom stereocenters. The minimum Gasteiger partial charge on any atom is -0.478 e. The van der Waals surface area contributed by atoms with Crippen LogP contribution in [0.25, 0.3) is 6.08 Å². The van der Waals surface area contributed by atoms with Crippen molar-refractivity contribution in [3.63, 3.8) is 0 Å². The smallest absolute Gasteiger partial charge is 0.328 e. The number of carboxylic acid groups (broad SMARTS) is 1. The van der Waals surface area contributed by atoms with Crippen molar-refractivity contribution in [3.05, 3.63) is 41.5 Å². The molecule has 0 aliphatic rings. The molecule has 0 aliphatic carbocycles. The van der Waals surface area contributed by atoms with Crippen LogP contribution in [0.4, 0.5) is 0 Å². The lowest BCUT2D eigenvalue weighted by atomic mass is 10.0. The summed E-state index contributed by atoms with van der Waals surface area (Å²) in [5, 5.41) is 22.0. The molecule has 1 rings (SSSR count). The predicted molar refractivity (Wildman–Crippen MR) is 80.6 cm³/mol. The SMILES string of the molecule is CC(C)(C)NCC(O)Cc1ccccc1/C=C/C(=O)O. The van der Waals surface area contributed by atoms with E-state index in [9.17, 15) is 9.90 Å². The number of carbonyl (C=O) groups is 1. The van der Waals surface area contributed by atoms with Crippen molar-refractivity contribution in [2.75, 3.05) is 6.54 Å². The van der Waals surface area contributed by atoms with E-state index >= 15 is 0 Å². The first-order valence-electron chi connectivity index (χ1n) is 6.70. The van der Waals surface area contributed by atoms with Gasteiger partial charge in [-0.1, -0.05) is 24.3 Å². The summed E-state index contributed by atoms with van der Waals surface area (Å²) in [7, 11) is 0. The molecule has 1 aromatic rings. The Balaban J connectivity index is 2.69. The van der Waals surface area contributed by atoms with E-state index in [1.54, 1.807) is 6.08 Å². The van der Waals surface area contributed by atoms with Gasteiger partial charge in [0, 0.05) is 24.6 Å². The first kappa shape index (κ1) is 16.4. The highest BCUT2D eigenvalue weighted by Gasteiger charge is 2.13. The standard InChI is InChI=1S/C16H23NO3/c1-16(2,3)17-11-14(18)10-13-7-5-4-6-12(13)8-9-15(19)20/h4-9,14,17-18H,10-11H2,1-3H3,(H,19,20)/b9-8+. The van der Waals surface area contributed by atoms with Crippen LogP contribution in [0.1, 0.15) is 31.9 Å². The number of aliphatic hydroxyl groups is 1. The van der Waals surface area contributed by atoms with Crippen molar-refractivity contribution in [1.29, 1.82) is 0 Å². The Morgan fingerprint density at radius 1 is 1.35 bits per heavy atom. The summed E-state index contributed by atoms with van der Waals surface area (Å²) >= 11 is 0. The molecule has 4 heteroatoms.